The number of rotatable bonds is 5. The number of thioether (sulfide) groups is 1. The van der Waals surface area contributed by atoms with Crippen LogP contribution in [-0.4, -0.2) is 21.0 Å². The average molecular weight is 308 g/mol. The van der Waals surface area contributed by atoms with Gasteiger partial charge in [-0.3, -0.25) is 0 Å². The first-order valence-corrected chi connectivity index (χ1v) is 7.40. The Morgan fingerprint density at radius 2 is 2.05 bits per heavy atom. The molecular formula is C12H12N4O2S2. The lowest BCUT2D eigenvalue weighted by Crippen LogP contribution is -1.99. The molecule has 8 heteroatoms. The van der Waals surface area contributed by atoms with Gasteiger partial charge in [0.25, 0.3) is 0 Å². The third-order valence-electron chi connectivity index (χ3n) is 2.18. The summed E-state index contributed by atoms with van der Waals surface area (Å²) in [5, 5.41) is 11.0. The van der Waals surface area contributed by atoms with Gasteiger partial charge in [0.1, 0.15) is 11.6 Å². The summed E-state index contributed by atoms with van der Waals surface area (Å²) < 4.78 is 0. The summed E-state index contributed by atoms with van der Waals surface area (Å²) in [5.74, 6) is 0.400. The van der Waals surface area contributed by atoms with Crippen molar-refractivity contribution in [2.45, 2.75) is 10.9 Å². The van der Waals surface area contributed by atoms with Crippen LogP contribution in [0.1, 0.15) is 10.4 Å². The molecule has 2 aromatic heterocycles. The monoisotopic (exact) mass is 308 g/mol. The van der Waals surface area contributed by atoms with Gasteiger partial charge >= 0.3 is 5.97 Å². The molecule has 6 nitrogen and oxygen atoms in total. The molecule has 5 N–H and O–H groups in total. The third-order valence-corrected chi connectivity index (χ3v) is 4.21. The number of carboxylic acids is 1. The standard InChI is InChI=1S/C12H12N4O2S2/c13-9-4-10(14)16-12(15-9)20-6-8-3-7(5-19-8)1-2-11(17)18/h1-5H,6H2,(H,17,18)(H4,13,14,15,16). The molecule has 2 heterocycles. The molecule has 0 radical (unpaired) electrons. The maximum Gasteiger partial charge on any atom is 0.328 e. The van der Waals surface area contributed by atoms with Crippen LogP contribution in [-0.2, 0) is 10.5 Å². The zero-order valence-electron chi connectivity index (χ0n) is 10.3. The molecule has 0 spiro atoms. The van der Waals surface area contributed by atoms with E-state index in [0.717, 1.165) is 16.5 Å². The molecule has 0 aliphatic carbocycles. The Balaban J connectivity index is 1.99. The molecule has 0 unspecified atom stereocenters. The minimum absolute atomic E-state index is 0.344. The number of hydrogen-bond donors (Lipinski definition) is 3. The minimum Gasteiger partial charge on any atom is -0.478 e. The van der Waals surface area contributed by atoms with Crippen molar-refractivity contribution in [3.8, 4) is 0 Å². The Kier molecular flexibility index (Phi) is 4.59. The number of anilines is 2. The number of nitrogens with zero attached hydrogens (tertiary/aromatic N) is 2. The van der Waals surface area contributed by atoms with Gasteiger partial charge in [-0.15, -0.1) is 11.3 Å². The fourth-order valence-electron chi connectivity index (χ4n) is 1.39. The zero-order valence-corrected chi connectivity index (χ0v) is 11.9. The average Bonchev–Trinajstić information content (AvgIpc) is 2.81. The molecule has 0 saturated carbocycles. The van der Waals surface area contributed by atoms with Gasteiger partial charge in [0.2, 0.25) is 0 Å². The number of hydrogen-bond acceptors (Lipinski definition) is 7. The maximum atomic E-state index is 10.4. The lowest BCUT2D eigenvalue weighted by Gasteiger charge is -2.01. The Labute approximate surface area is 123 Å². The third kappa shape index (κ3) is 4.25. The number of nitrogen functional groups attached to an aromatic ring is 2. The van der Waals surface area contributed by atoms with Crippen LogP contribution in [0.15, 0.2) is 28.7 Å². The predicted octanol–water partition coefficient (Wildman–Crippen LogP) is 2.09. The van der Waals surface area contributed by atoms with Crippen LogP contribution in [0.2, 0.25) is 0 Å². The number of nitrogens with two attached hydrogens (primary N) is 2. The van der Waals surface area contributed by atoms with Crippen molar-refractivity contribution in [3.63, 3.8) is 0 Å². The highest BCUT2D eigenvalue weighted by molar-refractivity contribution is 7.98. The lowest BCUT2D eigenvalue weighted by molar-refractivity contribution is -0.131. The fourth-order valence-corrected chi connectivity index (χ4v) is 3.17. The summed E-state index contributed by atoms with van der Waals surface area (Å²) >= 11 is 2.97. The van der Waals surface area contributed by atoms with Crippen LogP contribution < -0.4 is 11.5 Å². The van der Waals surface area contributed by atoms with Crippen LogP contribution in [0.3, 0.4) is 0 Å². The van der Waals surface area contributed by atoms with E-state index >= 15 is 0 Å². The van der Waals surface area contributed by atoms with E-state index in [4.69, 9.17) is 16.6 Å². The Morgan fingerprint density at radius 1 is 1.35 bits per heavy atom. The first-order valence-electron chi connectivity index (χ1n) is 5.54. The van der Waals surface area contributed by atoms with E-state index in [1.807, 2.05) is 11.4 Å². The van der Waals surface area contributed by atoms with Gasteiger partial charge in [0.15, 0.2) is 5.16 Å². The van der Waals surface area contributed by atoms with Crippen LogP contribution >= 0.6 is 23.1 Å². The van der Waals surface area contributed by atoms with Crippen LogP contribution in [0.25, 0.3) is 6.08 Å². The topological polar surface area (TPSA) is 115 Å². The molecule has 0 aliphatic rings. The summed E-state index contributed by atoms with van der Waals surface area (Å²) in [6, 6.07) is 3.43. The number of aliphatic carboxylic acids is 1. The largest absolute Gasteiger partial charge is 0.478 e. The SMILES string of the molecule is Nc1cc(N)nc(SCc2cc(C=CC(=O)O)cs2)n1. The quantitative estimate of drug-likeness (QED) is 0.440. The summed E-state index contributed by atoms with van der Waals surface area (Å²) in [4.78, 5) is 19.7. The molecule has 0 saturated heterocycles. The van der Waals surface area contributed by atoms with E-state index in [9.17, 15) is 4.79 Å². The highest BCUT2D eigenvalue weighted by Gasteiger charge is 2.04. The zero-order chi connectivity index (χ0) is 14.5. The molecule has 2 aromatic rings. The number of carbonyl (C=O) groups is 1. The van der Waals surface area contributed by atoms with Crippen LogP contribution in [0.4, 0.5) is 11.6 Å². The summed E-state index contributed by atoms with van der Waals surface area (Å²) in [5.41, 5.74) is 12.0. The summed E-state index contributed by atoms with van der Waals surface area (Å²) in [6.45, 7) is 0. The van der Waals surface area contributed by atoms with Crippen molar-refractivity contribution in [1.82, 2.24) is 9.97 Å². The van der Waals surface area contributed by atoms with Gasteiger partial charge in [-0.1, -0.05) is 11.8 Å². The van der Waals surface area contributed by atoms with Crippen molar-refractivity contribution >= 4 is 46.8 Å². The van der Waals surface area contributed by atoms with Gasteiger partial charge in [-0.05, 0) is 23.1 Å². The Bertz CT molecular complexity index is 634. The number of thiophene rings is 1. The molecule has 2 rings (SSSR count). The second-order valence-corrected chi connectivity index (χ2v) is 5.75. The van der Waals surface area contributed by atoms with Crippen LogP contribution in [0, 0.1) is 0 Å². The first-order chi connectivity index (χ1) is 9.52. The van der Waals surface area contributed by atoms with E-state index in [2.05, 4.69) is 9.97 Å². The molecule has 0 bridgehead atoms. The maximum absolute atomic E-state index is 10.4. The Hall–Kier alpha value is -2.06. The van der Waals surface area contributed by atoms with E-state index in [0.29, 0.717) is 22.5 Å². The van der Waals surface area contributed by atoms with Gasteiger partial charge in [0, 0.05) is 22.8 Å². The second-order valence-electron chi connectivity index (χ2n) is 3.81. The van der Waals surface area contributed by atoms with Gasteiger partial charge < -0.3 is 16.6 Å². The normalized spacial score (nSPS) is 11.0. The van der Waals surface area contributed by atoms with E-state index in [1.165, 1.54) is 17.8 Å². The molecule has 0 fully saturated rings. The summed E-state index contributed by atoms with van der Waals surface area (Å²) in [7, 11) is 0. The molecule has 0 aromatic carbocycles. The van der Waals surface area contributed by atoms with Crippen LogP contribution in [0.5, 0.6) is 0 Å². The van der Waals surface area contributed by atoms with Gasteiger partial charge in [-0.2, -0.15) is 0 Å². The first kappa shape index (κ1) is 14.4. The van der Waals surface area contributed by atoms with E-state index in [1.54, 1.807) is 17.4 Å². The van der Waals surface area contributed by atoms with Crippen molar-refractivity contribution in [1.29, 1.82) is 0 Å². The lowest BCUT2D eigenvalue weighted by atomic mass is 10.3. The van der Waals surface area contributed by atoms with Gasteiger partial charge in [0.05, 0.1) is 0 Å². The number of carboxylic acid groups (broad SMARTS) is 1. The molecule has 0 amide bonds. The smallest absolute Gasteiger partial charge is 0.328 e. The highest BCUT2D eigenvalue weighted by Crippen LogP contribution is 2.25. The predicted molar refractivity (Wildman–Crippen MR) is 81.4 cm³/mol. The van der Waals surface area contributed by atoms with Gasteiger partial charge in [-0.25, -0.2) is 14.8 Å². The molecule has 0 aliphatic heterocycles. The second kappa shape index (κ2) is 6.40. The number of aromatic nitrogens is 2. The van der Waals surface area contributed by atoms with Crippen molar-refractivity contribution in [2.75, 3.05) is 11.5 Å². The van der Waals surface area contributed by atoms with E-state index in [-0.39, 0.29) is 0 Å². The Morgan fingerprint density at radius 3 is 2.70 bits per heavy atom. The van der Waals surface area contributed by atoms with Crippen molar-refractivity contribution in [3.05, 3.63) is 34.0 Å². The minimum atomic E-state index is -0.962. The van der Waals surface area contributed by atoms with E-state index < -0.39 is 5.97 Å². The molecular weight excluding hydrogens is 296 g/mol. The highest BCUT2D eigenvalue weighted by atomic mass is 32.2. The molecule has 20 heavy (non-hydrogen) atoms. The van der Waals surface area contributed by atoms with Crippen molar-refractivity contribution < 1.29 is 9.90 Å². The fraction of sp³-hybridized carbons (Fsp3) is 0.0833. The molecule has 104 valence electrons. The molecule has 0 atom stereocenters. The van der Waals surface area contributed by atoms with Crippen molar-refractivity contribution in [2.24, 2.45) is 0 Å². The summed E-state index contributed by atoms with van der Waals surface area (Å²) in [6.07, 6.45) is 2.67.